The normalized spacial score (nSPS) is 20.2. The topological polar surface area (TPSA) is 37.4 Å². The fraction of sp³-hybridized carbons (Fsp3) is 0.538. The molecule has 3 nitrogen and oxygen atoms in total. The summed E-state index contributed by atoms with van der Waals surface area (Å²) in [5, 5.41) is 0. The zero-order valence-electron chi connectivity index (χ0n) is 10.7. The van der Waals surface area contributed by atoms with Crippen molar-refractivity contribution in [3.05, 3.63) is 29.8 Å². The Bertz CT molecular complexity index is 522. The average molecular weight is 288 g/mol. The van der Waals surface area contributed by atoms with Gasteiger partial charge in [-0.3, -0.25) is 0 Å². The summed E-state index contributed by atoms with van der Waals surface area (Å²) in [5.74, 6) is 0.400. The monoisotopic (exact) mass is 287 g/mol. The Kier molecular flexibility index (Phi) is 3.72. The second-order valence-corrected chi connectivity index (χ2v) is 7.74. The van der Waals surface area contributed by atoms with Gasteiger partial charge in [-0.1, -0.05) is 26.0 Å². The average Bonchev–Trinajstić information content (AvgIpc) is 2.70. The largest absolute Gasteiger partial charge is 0.243 e. The van der Waals surface area contributed by atoms with Crippen molar-refractivity contribution in [2.45, 2.75) is 31.0 Å². The van der Waals surface area contributed by atoms with Crippen LogP contribution in [0.3, 0.4) is 0 Å². The van der Waals surface area contributed by atoms with Crippen molar-refractivity contribution in [1.29, 1.82) is 0 Å². The van der Waals surface area contributed by atoms with Crippen LogP contribution < -0.4 is 0 Å². The molecule has 0 saturated carbocycles. The van der Waals surface area contributed by atoms with Gasteiger partial charge in [0, 0.05) is 19.0 Å². The molecule has 0 radical (unpaired) electrons. The molecular formula is C13H18ClNO2S. The van der Waals surface area contributed by atoms with E-state index in [4.69, 9.17) is 11.6 Å². The molecule has 0 spiro atoms. The third-order valence-corrected chi connectivity index (χ3v) is 5.53. The van der Waals surface area contributed by atoms with Crippen LogP contribution in [0.25, 0.3) is 0 Å². The van der Waals surface area contributed by atoms with Crippen molar-refractivity contribution in [1.82, 2.24) is 4.31 Å². The molecule has 0 atom stereocenters. The smallest absolute Gasteiger partial charge is 0.207 e. The van der Waals surface area contributed by atoms with E-state index in [9.17, 15) is 8.42 Å². The number of nitrogens with zero attached hydrogens (tertiary/aromatic N) is 1. The first-order valence-electron chi connectivity index (χ1n) is 6.00. The highest BCUT2D eigenvalue weighted by atomic mass is 35.5. The zero-order valence-corrected chi connectivity index (χ0v) is 12.3. The van der Waals surface area contributed by atoms with Gasteiger partial charge in [0.15, 0.2) is 0 Å². The van der Waals surface area contributed by atoms with Crippen molar-refractivity contribution in [3.63, 3.8) is 0 Å². The molecule has 1 aromatic rings. The molecule has 1 aliphatic heterocycles. The lowest BCUT2D eigenvalue weighted by molar-refractivity contribution is 0.375. The van der Waals surface area contributed by atoms with Crippen LogP contribution in [0.1, 0.15) is 25.8 Å². The molecule has 100 valence electrons. The van der Waals surface area contributed by atoms with Crippen LogP contribution in [0.2, 0.25) is 0 Å². The highest BCUT2D eigenvalue weighted by molar-refractivity contribution is 7.89. The highest BCUT2D eigenvalue weighted by Crippen LogP contribution is 2.32. The summed E-state index contributed by atoms with van der Waals surface area (Å²) in [6.45, 7) is 5.39. The summed E-state index contributed by atoms with van der Waals surface area (Å²) in [7, 11) is -3.34. The van der Waals surface area contributed by atoms with E-state index in [2.05, 4.69) is 13.8 Å². The Morgan fingerprint density at radius 3 is 2.33 bits per heavy atom. The van der Waals surface area contributed by atoms with E-state index < -0.39 is 10.0 Å². The minimum absolute atomic E-state index is 0.0726. The van der Waals surface area contributed by atoms with Gasteiger partial charge in [-0.15, -0.1) is 11.6 Å². The van der Waals surface area contributed by atoms with E-state index in [-0.39, 0.29) is 5.41 Å². The molecule has 0 N–H and O–H groups in total. The van der Waals surface area contributed by atoms with E-state index in [0.717, 1.165) is 12.0 Å². The number of hydrogen-bond donors (Lipinski definition) is 0. The molecule has 0 aromatic heterocycles. The maximum Gasteiger partial charge on any atom is 0.243 e. The molecular weight excluding hydrogens is 270 g/mol. The lowest BCUT2D eigenvalue weighted by atomic mass is 9.93. The van der Waals surface area contributed by atoms with E-state index in [1.54, 1.807) is 28.6 Å². The minimum atomic E-state index is -3.34. The van der Waals surface area contributed by atoms with Gasteiger partial charge < -0.3 is 0 Å². The molecule has 1 heterocycles. The summed E-state index contributed by atoms with van der Waals surface area (Å²) < 4.78 is 26.4. The molecule has 1 aliphatic rings. The summed E-state index contributed by atoms with van der Waals surface area (Å²) in [6.07, 6.45) is 0.909. The Morgan fingerprint density at radius 1 is 1.28 bits per heavy atom. The first-order chi connectivity index (χ1) is 8.35. The first-order valence-corrected chi connectivity index (χ1v) is 7.98. The van der Waals surface area contributed by atoms with Crippen LogP contribution >= 0.6 is 11.6 Å². The van der Waals surface area contributed by atoms with Gasteiger partial charge in [0.2, 0.25) is 10.0 Å². The molecule has 0 unspecified atom stereocenters. The summed E-state index contributed by atoms with van der Waals surface area (Å²) >= 11 is 5.70. The molecule has 18 heavy (non-hydrogen) atoms. The van der Waals surface area contributed by atoms with Crippen molar-refractivity contribution in [3.8, 4) is 0 Å². The molecule has 0 amide bonds. The number of halogens is 1. The quantitative estimate of drug-likeness (QED) is 0.802. The van der Waals surface area contributed by atoms with Crippen molar-refractivity contribution < 1.29 is 8.42 Å². The highest BCUT2D eigenvalue weighted by Gasteiger charge is 2.36. The molecule has 1 aromatic carbocycles. The van der Waals surface area contributed by atoms with Crippen LogP contribution in [0.15, 0.2) is 29.2 Å². The van der Waals surface area contributed by atoms with Gasteiger partial charge in [0.05, 0.1) is 4.90 Å². The second kappa shape index (κ2) is 4.83. The van der Waals surface area contributed by atoms with Crippen molar-refractivity contribution >= 4 is 21.6 Å². The lowest BCUT2D eigenvalue weighted by Crippen LogP contribution is -2.30. The van der Waals surface area contributed by atoms with Crippen LogP contribution in [0, 0.1) is 5.41 Å². The van der Waals surface area contributed by atoms with E-state index in [1.807, 2.05) is 0 Å². The van der Waals surface area contributed by atoms with E-state index >= 15 is 0 Å². The number of benzene rings is 1. The third kappa shape index (κ3) is 2.71. The summed E-state index contributed by atoms with van der Waals surface area (Å²) in [5.41, 5.74) is 1.00. The minimum Gasteiger partial charge on any atom is -0.207 e. The van der Waals surface area contributed by atoms with E-state index in [1.165, 1.54) is 0 Å². The number of rotatable bonds is 3. The molecule has 0 aliphatic carbocycles. The standard InChI is InChI=1S/C13H18ClNO2S/c1-13(2)7-8-15(10-13)18(16,17)12-5-3-11(9-14)4-6-12/h3-6H,7-10H2,1-2H3. The molecule has 1 fully saturated rings. The summed E-state index contributed by atoms with van der Waals surface area (Å²) in [6, 6.07) is 6.80. The van der Waals surface area contributed by atoms with E-state index in [0.29, 0.717) is 23.9 Å². The van der Waals surface area contributed by atoms with Gasteiger partial charge in [0.1, 0.15) is 0 Å². The first kappa shape index (κ1) is 13.8. The predicted octanol–water partition coefficient (Wildman–Crippen LogP) is 2.85. The maximum absolute atomic E-state index is 12.4. The van der Waals surface area contributed by atoms with Gasteiger partial charge in [-0.05, 0) is 29.5 Å². The number of hydrogen-bond acceptors (Lipinski definition) is 2. The molecule has 2 rings (SSSR count). The van der Waals surface area contributed by atoms with Gasteiger partial charge in [-0.2, -0.15) is 4.31 Å². The Morgan fingerprint density at radius 2 is 1.89 bits per heavy atom. The predicted molar refractivity (Wildman–Crippen MR) is 73.2 cm³/mol. The van der Waals surface area contributed by atoms with Crippen molar-refractivity contribution in [2.24, 2.45) is 5.41 Å². The lowest BCUT2D eigenvalue weighted by Gasteiger charge is -2.19. The van der Waals surface area contributed by atoms with Crippen LogP contribution in [0.5, 0.6) is 0 Å². The Balaban J connectivity index is 2.25. The third-order valence-electron chi connectivity index (χ3n) is 3.36. The zero-order chi connectivity index (χ0) is 13.4. The SMILES string of the molecule is CC1(C)CCN(S(=O)(=O)c2ccc(CCl)cc2)C1. The summed E-state index contributed by atoms with van der Waals surface area (Å²) in [4.78, 5) is 0.356. The number of sulfonamides is 1. The fourth-order valence-electron chi connectivity index (χ4n) is 2.17. The molecule has 1 saturated heterocycles. The van der Waals surface area contributed by atoms with Crippen LogP contribution in [-0.4, -0.2) is 25.8 Å². The van der Waals surface area contributed by atoms with Gasteiger partial charge >= 0.3 is 0 Å². The Labute approximate surface area is 114 Å². The fourth-order valence-corrected chi connectivity index (χ4v) is 3.98. The number of alkyl halides is 1. The Hall–Kier alpha value is -0.580. The molecule has 5 heteroatoms. The van der Waals surface area contributed by atoms with Crippen molar-refractivity contribution in [2.75, 3.05) is 13.1 Å². The van der Waals surface area contributed by atoms with Crippen LogP contribution in [0.4, 0.5) is 0 Å². The maximum atomic E-state index is 12.4. The van der Waals surface area contributed by atoms with Crippen LogP contribution in [-0.2, 0) is 15.9 Å². The molecule has 0 bridgehead atoms. The second-order valence-electron chi connectivity index (χ2n) is 5.53. The van der Waals surface area contributed by atoms with Gasteiger partial charge in [-0.25, -0.2) is 8.42 Å². The van der Waals surface area contributed by atoms with Gasteiger partial charge in [0.25, 0.3) is 0 Å².